The van der Waals surface area contributed by atoms with E-state index in [4.69, 9.17) is 19.2 Å². The van der Waals surface area contributed by atoms with Gasteiger partial charge in [0.15, 0.2) is 11.5 Å². The minimum atomic E-state index is -4.07. The Morgan fingerprint density at radius 1 is 1.09 bits per heavy atom. The van der Waals surface area contributed by atoms with Crippen molar-refractivity contribution in [2.24, 2.45) is 4.99 Å². The van der Waals surface area contributed by atoms with Gasteiger partial charge in [-0.25, -0.2) is 14.4 Å². The number of amides is 2. The van der Waals surface area contributed by atoms with E-state index in [1.807, 2.05) is 54.8 Å². The van der Waals surface area contributed by atoms with Crippen LogP contribution in [0.25, 0.3) is 5.70 Å². The first-order chi connectivity index (χ1) is 21.4. The number of allylic oxidation sites excluding steroid dienone is 3. The van der Waals surface area contributed by atoms with Crippen LogP contribution >= 0.6 is 0 Å². The Balaban J connectivity index is 1.21. The van der Waals surface area contributed by atoms with Gasteiger partial charge in [0.1, 0.15) is 0 Å². The van der Waals surface area contributed by atoms with E-state index in [0.29, 0.717) is 23.8 Å². The van der Waals surface area contributed by atoms with Crippen LogP contribution in [0.2, 0.25) is 0 Å². The molecule has 0 atom stereocenters. The van der Waals surface area contributed by atoms with Gasteiger partial charge in [-0.15, -0.1) is 5.06 Å². The highest BCUT2D eigenvalue weighted by molar-refractivity contribution is 7.85. The van der Waals surface area contributed by atoms with Crippen molar-refractivity contribution in [3.8, 4) is 5.75 Å². The first kappa shape index (κ1) is 32.0. The molecule has 1 aromatic heterocycles. The first-order valence-electron chi connectivity index (χ1n) is 15.0. The number of benzene rings is 1. The standard InChI is InChI=1S/C32H36N4O8S/c1-32(2)24-12-9-20-34(19-7-3-4-16-30(39)44-36-28(37)17-18-29(36)38)31(24)33-27(32)15-8-13-25-23-11-5-6-14-26(23)43-35(25)21-10-22-45(40,41)42/h5-6,8-9,11-15,20H,3-4,7,10,16-19,21-22H2,1-2H3/p+1. The Labute approximate surface area is 262 Å². The second kappa shape index (κ2) is 13.3. The number of hydrogen-bond acceptors (Lipinski definition) is 9. The van der Waals surface area contributed by atoms with Gasteiger partial charge in [-0.3, -0.25) is 14.1 Å². The topological polar surface area (TPSA) is 147 Å². The number of carbonyl (C=O) groups excluding carboxylic acids is 3. The van der Waals surface area contributed by atoms with Crippen molar-refractivity contribution in [2.45, 2.75) is 70.8 Å². The molecule has 2 aromatic rings. The SMILES string of the molecule is CC1(C)C(/C=C/C=C2\c3ccccc3ON2CCCS(=O)(=O)O)=Nc2c1ccc[n+]2CCCCCC(=O)ON1C(=O)CCC1=O. The van der Waals surface area contributed by atoms with Crippen LogP contribution in [0.5, 0.6) is 5.75 Å². The molecule has 1 aromatic carbocycles. The number of unbranched alkanes of at least 4 members (excludes halogenated alkanes) is 2. The molecule has 0 unspecified atom stereocenters. The Kier molecular flexibility index (Phi) is 9.49. The van der Waals surface area contributed by atoms with Gasteiger partial charge in [-0.2, -0.15) is 8.42 Å². The molecule has 12 nitrogen and oxygen atoms in total. The molecule has 4 heterocycles. The normalized spacial score (nSPS) is 18.0. The summed E-state index contributed by atoms with van der Waals surface area (Å²) < 4.78 is 33.6. The number of aliphatic imine (C=N–C) groups is 1. The summed E-state index contributed by atoms with van der Waals surface area (Å²) >= 11 is 0. The molecule has 45 heavy (non-hydrogen) atoms. The minimum absolute atomic E-state index is 0.0728. The van der Waals surface area contributed by atoms with Crippen LogP contribution in [0.15, 0.2) is 65.8 Å². The lowest BCUT2D eigenvalue weighted by Gasteiger charge is -2.18. The second-order valence-corrected chi connectivity index (χ2v) is 13.2. The summed E-state index contributed by atoms with van der Waals surface area (Å²) in [7, 11) is -4.07. The van der Waals surface area contributed by atoms with Crippen molar-refractivity contribution in [2.75, 3.05) is 12.3 Å². The fourth-order valence-corrected chi connectivity index (χ4v) is 6.02. The first-order valence-corrected chi connectivity index (χ1v) is 16.6. The lowest BCUT2D eigenvalue weighted by atomic mass is 9.82. The van der Waals surface area contributed by atoms with E-state index in [1.165, 1.54) is 0 Å². The van der Waals surface area contributed by atoms with Crippen molar-refractivity contribution in [3.05, 3.63) is 72.0 Å². The van der Waals surface area contributed by atoms with Gasteiger partial charge >= 0.3 is 11.8 Å². The average Bonchev–Trinajstić information content (AvgIpc) is 3.59. The van der Waals surface area contributed by atoms with Crippen LogP contribution in [0.3, 0.4) is 0 Å². The molecule has 0 spiro atoms. The Morgan fingerprint density at radius 3 is 2.60 bits per heavy atom. The molecule has 2 amide bonds. The maximum Gasteiger partial charge on any atom is 0.333 e. The molecule has 5 rings (SSSR count). The number of rotatable bonds is 13. The Hall–Kier alpha value is -4.36. The smallest absolute Gasteiger partial charge is 0.333 e. The summed E-state index contributed by atoms with van der Waals surface area (Å²) in [5.74, 6) is -0.355. The van der Waals surface area contributed by atoms with Crippen molar-refractivity contribution in [1.82, 2.24) is 10.1 Å². The minimum Gasteiger partial charge on any atom is -0.379 e. The highest BCUT2D eigenvalue weighted by atomic mass is 32.2. The molecule has 3 aliphatic rings. The van der Waals surface area contributed by atoms with Crippen LogP contribution in [0.4, 0.5) is 5.82 Å². The van der Waals surface area contributed by atoms with Crippen LogP contribution in [-0.2, 0) is 41.3 Å². The largest absolute Gasteiger partial charge is 0.379 e. The number of imide groups is 1. The third-order valence-corrected chi connectivity index (χ3v) is 8.78. The van der Waals surface area contributed by atoms with E-state index in [2.05, 4.69) is 24.5 Å². The quantitative estimate of drug-likeness (QED) is 0.149. The molecule has 0 radical (unpaired) electrons. The highest BCUT2D eigenvalue weighted by Crippen LogP contribution is 2.39. The fourth-order valence-electron chi connectivity index (χ4n) is 5.53. The summed E-state index contributed by atoms with van der Waals surface area (Å²) in [6, 6.07) is 11.6. The predicted octanol–water partition coefficient (Wildman–Crippen LogP) is 3.99. The van der Waals surface area contributed by atoms with E-state index >= 15 is 0 Å². The maximum atomic E-state index is 12.1. The molecule has 0 bridgehead atoms. The zero-order chi connectivity index (χ0) is 32.2. The molecule has 1 fully saturated rings. The molecule has 13 heteroatoms. The van der Waals surface area contributed by atoms with Gasteiger partial charge in [0, 0.05) is 24.8 Å². The van der Waals surface area contributed by atoms with E-state index in [-0.39, 0.29) is 43.4 Å². The zero-order valence-corrected chi connectivity index (χ0v) is 26.2. The number of aryl methyl sites for hydroxylation is 1. The van der Waals surface area contributed by atoms with Gasteiger partial charge in [0.2, 0.25) is 0 Å². The number of hydrogen-bond donors (Lipinski definition) is 1. The molecular weight excluding hydrogens is 600 g/mol. The lowest BCUT2D eigenvalue weighted by molar-refractivity contribution is -0.684. The van der Waals surface area contributed by atoms with Crippen LogP contribution in [-0.4, -0.2) is 58.9 Å². The number of aromatic nitrogens is 1. The summed E-state index contributed by atoms with van der Waals surface area (Å²) in [6.45, 7) is 5.23. The zero-order valence-electron chi connectivity index (χ0n) is 25.3. The Morgan fingerprint density at radius 2 is 1.84 bits per heavy atom. The average molecular weight is 638 g/mol. The van der Waals surface area contributed by atoms with Crippen molar-refractivity contribution in [3.63, 3.8) is 0 Å². The van der Waals surface area contributed by atoms with Crippen LogP contribution in [0.1, 0.15) is 69.9 Å². The van der Waals surface area contributed by atoms with Gasteiger partial charge in [-0.05, 0) is 80.9 Å². The third kappa shape index (κ3) is 7.48. The number of fused-ring (bicyclic) bond motifs is 2. The summed E-state index contributed by atoms with van der Waals surface area (Å²) in [4.78, 5) is 51.2. The molecule has 1 N–H and O–H groups in total. The monoisotopic (exact) mass is 637 g/mol. The second-order valence-electron chi connectivity index (χ2n) is 11.7. The predicted molar refractivity (Wildman–Crippen MR) is 164 cm³/mol. The van der Waals surface area contributed by atoms with Crippen molar-refractivity contribution < 1.29 is 41.6 Å². The van der Waals surface area contributed by atoms with Gasteiger partial charge in [0.05, 0.1) is 41.7 Å². The number of para-hydroxylation sites is 1. The molecule has 238 valence electrons. The Bertz CT molecular complexity index is 1680. The molecule has 0 aliphatic carbocycles. The van der Waals surface area contributed by atoms with Gasteiger partial charge in [-0.1, -0.05) is 18.2 Å². The number of carbonyl (C=O) groups is 3. The fraction of sp³-hybridized carbons (Fsp3) is 0.406. The van der Waals surface area contributed by atoms with Crippen LogP contribution < -0.4 is 9.40 Å². The van der Waals surface area contributed by atoms with Crippen molar-refractivity contribution >= 4 is 45.1 Å². The summed E-state index contributed by atoms with van der Waals surface area (Å²) in [5, 5.41) is 2.22. The van der Waals surface area contributed by atoms with Gasteiger partial charge in [0.25, 0.3) is 21.9 Å². The van der Waals surface area contributed by atoms with Gasteiger partial charge < -0.3 is 9.68 Å². The lowest BCUT2D eigenvalue weighted by Crippen LogP contribution is -2.35. The molecule has 1 saturated heterocycles. The number of hydroxylamine groups is 4. The van der Waals surface area contributed by atoms with E-state index in [1.54, 1.807) is 5.06 Å². The summed E-state index contributed by atoms with van der Waals surface area (Å²) in [6.07, 6.45) is 10.4. The maximum absolute atomic E-state index is 12.1. The van der Waals surface area contributed by atoms with E-state index in [0.717, 1.165) is 41.2 Å². The number of pyridine rings is 1. The molecular formula is C32H37N4O8S+. The molecule has 3 aliphatic heterocycles. The van der Waals surface area contributed by atoms with E-state index < -0.39 is 27.9 Å². The highest BCUT2D eigenvalue weighted by Gasteiger charge is 2.42. The van der Waals surface area contributed by atoms with E-state index in [9.17, 15) is 22.8 Å². The van der Waals surface area contributed by atoms with Crippen LogP contribution in [0, 0.1) is 0 Å². The van der Waals surface area contributed by atoms with Crippen molar-refractivity contribution in [1.29, 1.82) is 0 Å². The summed E-state index contributed by atoms with van der Waals surface area (Å²) in [5.41, 5.74) is 3.30. The third-order valence-electron chi connectivity index (χ3n) is 7.97. The number of nitrogens with zero attached hydrogens (tertiary/aromatic N) is 4. The molecule has 0 saturated carbocycles.